The minimum absolute atomic E-state index is 0.166. The van der Waals surface area contributed by atoms with Crippen molar-refractivity contribution < 1.29 is 19.1 Å². The summed E-state index contributed by atoms with van der Waals surface area (Å²) in [5.74, 6) is 0.887. The Morgan fingerprint density at radius 1 is 1.09 bits per heavy atom. The number of hydrogen-bond acceptors (Lipinski definition) is 4. The van der Waals surface area contributed by atoms with Gasteiger partial charge in [0.1, 0.15) is 0 Å². The second-order valence-electron chi connectivity index (χ2n) is 6.17. The molecule has 5 nitrogen and oxygen atoms in total. The SMILES string of the molecule is COc1ccc(CCN(C(C)=O)C(=O)C(C)(C)C)cc1OC. The largest absolute Gasteiger partial charge is 0.493 e. The topological polar surface area (TPSA) is 55.8 Å². The van der Waals surface area contributed by atoms with Gasteiger partial charge in [-0.3, -0.25) is 14.5 Å². The number of methoxy groups -OCH3 is 2. The summed E-state index contributed by atoms with van der Waals surface area (Å²) in [5, 5.41) is 0. The summed E-state index contributed by atoms with van der Waals surface area (Å²) in [5.41, 5.74) is 0.397. The van der Waals surface area contributed by atoms with Crippen LogP contribution in [0.15, 0.2) is 18.2 Å². The van der Waals surface area contributed by atoms with E-state index in [-0.39, 0.29) is 11.8 Å². The third-order valence-electron chi connectivity index (χ3n) is 3.34. The van der Waals surface area contributed by atoms with Crippen molar-refractivity contribution in [2.45, 2.75) is 34.1 Å². The van der Waals surface area contributed by atoms with E-state index in [4.69, 9.17) is 9.47 Å². The van der Waals surface area contributed by atoms with E-state index in [0.717, 1.165) is 5.56 Å². The molecular weight excluding hydrogens is 282 g/mol. The van der Waals surface area contributed by atoms with E-state index >= 15 is 0 Å². The molecule has 5 heteroatoms. The summed E-state index contributed by atoms with van der Waals surface area (Å²) in [4.78, 5) is 25.4. The first-order valence-electron chi connectivity index (χ1n) is 7.24. The van der Waals surface area contributed by atoms with Crippen LogP contribution in [0.25, 0.3) is 0 Å². The normalized spacial score (nSPS) is 11.0. The van der Waals surface area contributed by atoms with Crippen molar-refractivity contribution in [3.05, 3.63) is 23.8 Å². The molecule has 22 heavy (non-hydrogen) atoms. The van der Waals surface area contributed by atoms with Crippen LogP contribution in [-0.4, -0.2) is 37.5 Å². The first-order chi connectivity index (χ1) is 10.2. The number of nitrogens with zero attached hydrogens (tertiary/aromatic N) is 1. The van der Waals surface area contributed by atoms with Gasteiger partial charge in [0.2, 0.25) is 11.8 Å². The smallest absolute Gasteiger partial charge is 0.234 e. The number of carbonyl (C=O) groups excluding carboxylic acids is 2. The zero-order valence-electron chi connectivity index (χ0n) is 14.2. The lowest BCUT2D eigenvalue weighted by Crippen LogP contribution is -2.43. The minimum Gasteiger partial charge on any atom is -0.493 e. The van der Waals surface area contributed by atoms with Gasteiger partial charge in [0.15, 0.2) is 11.5 Å². The molecule has 0 aliphatic carbocycles. The fourth-order valence-corrected chi connectivity index (χ4v) is 2.08. The predicted molar refractivity (Wildman–Crippen MR) is 85.1 cm³/mol. The maximum absolute atomic E-state index is 12.3. The molecule has 0 fully saturated rings. The molecule has 0 aromatic heterocycles. The summed E-state index contributed by atoms with van der Waals surface area (Å²) in [6.07, 6.45) is 0.571. The molecule has 0 N–H and O–H groups in total. The van der Waals surface area contributed by atoms with Crippen LogP contribution in [0.3, 0.4) is 0 Å². The fraction of sp³-hybridized carbons (Fsp3) is 0.529. The van der Waals surface area contributed by atoms with E-state index in [1.54, 1.807) is 14.2 Å². The number of imide groups is 1. The Labute approximate surface area is 132 Å². The van der Waals surface area contributed by atoms with Gasteiger partial charge in [0, 0.05) is 18.9 Å². The Kier molecular flexibility index (Phi) is 5.97. The lowest BCUT2D eigenvalue weighted by Gasteiger charge is -2.27. The average Bonchev–Trinajstić information content (AvgIpc) is 2.45. The molecule has 0 saturated carbocycles. The van der Waals surface area contributed by atoms with Crippen molar-refractivity contribution in [2.75, 3.05) is 20.8 Å². The highest BCUT2D eigenvalue weighted by atomic mass is 16.5. The summed E-state index contributed by atoms with van der Waals surface area (Å²) in [7, 11) is 3.16. The van der Waals surface area contributed by atoms with Gasteiger partial charge in [-0.15, -0.1) is 0 Å². The molecule has 1 rings (SSSR count). The number of hydrogen-bond donors (Lipinski definition) is 0. The molecule has 0 saturated heterocycles. The predicted octanol–water partition coefficient (Wildman–Crippen LogP) is 2.67. The summed E-state index contributed by atoms with van der Waals surface area (Å²) in [6, 6.07) is 5.58. The van der Waals surface area contributed by atoms with Crippen LogP contribution in [0.4, 0.5) is 0 Å². The van der Waals surface area contributed by atoms with Gasteiger partial charge in [-0.1, -0.05) is 26.8 Å². The molecule has 2 amide bonds. The van der Waals surface area contributed by atoms with E-state index < -0.39 is 5.41 Å². The molecule has 1 aromatic rings. The zero-order valence-corrected chi connectivity index (χ0v) is 14.2. The van der Waals surface area contributed by atoms with Crippen LogP contribution in [0.2, 0.25) is 0 Å². The van der Waals surface area contributed by atoms with Crippen molar-refractivity contribution in [1.29, 1.82) is 0 Å². The van der Waals surface area contributed by atoms with Crippen molar-refractivity contribution in [1.82, 2.24) is 4.90 Å². The zero-order chi connectivity index (χ0) is 16.9. The summed E-state index contributed by atoms with van der Waals surface area (Å²) < 4.78 is 10.5. The van der Waals surface area contributed by atoms with E-state index in [1.165, 1.54) is 11.8 Å². The molecule has 0 heterocycles. The van der Waals surface area contributed by atoms with Crippen LogP contribution in [0, 0.1) is 5.41 Å². The lowest BCUT2D eigenvalue weighted by atomic mass is 9.94. The monoisotopic (exact) mass is 307 g/mol. The first kappa shape index (κ1) is 18.0. The van der Waals surface area contributed by atoms with Crippen molar-refractivity contribution in [2.24, 2.45) is 5.41 Å². The molecule has 0 bridgehead atoms. The number of amides is 2. The van der Waals surface area contributed by atoms with E-state index in [0.29, 0.717) is 24.5 Å². The molecule has 0 radical (unpaired) electrons. The molecular formula is C17H25NO4. The Bertz CT molecular complexity index is 546. The second-order valence-corrected chi connectivity index (χ2v) is 6.17. The van der Waals surface area contributed by atoms with Gasteiger partial charge >= 0.3 is 0 Å². The first-order valence-corrected chi connectivity index (χ1v) is 7.24. The van der Waals surface area contributed by atoms with E-state index in [9.17, 15) is 9.59 Å². The van der Waals surface area contributed by atoms with Crippen LogP contribution < -0.4 is 9.47 Å². The van der Waals surface area contributed by atoms with Crippen molar-refractivity contribution >= 4 is 11.8 Å². The van der Waals surface area contributed by atoms with Gasteiger partial charge in [0.25, 0.3) is 0 Å². The van der Waals surface area contributed by atoms with E-state index in [1.807, 2.05) is 39.0 Å². The van der Waals surface area contributed by atoms with Gasteiger partial charge in [-0.25, -0.2) is 0 Å². The number of rotatable bonds is 5. The minimum atomic E-state index is -0.580. The number of carbonyl (C=O) groups is 2. The average molecular weight is 307 g/mol. The summed E-state index contributed by atoms with van der Waals surface area (Å²) in [6.45, 7) is 7.18. The Morgan fingerprint density at radius 2 is 1.68 bits per heavy atom. The molecule has 1 aromatic carbocycles. The van der Waals surface area contributed by atoms with Crippen molar-refractivity contribution in [3.63, 3.8) is 0 Å². The highest BCUT2D eigenvalue weighted by Gasteiger charge is 2.29. The van der Waals surface area contributed by atoms with E-state index in [2.05, 4.69) is 0 Å². The van der Waals surface area contributed by atoms with Crippen LogP contribution in [0.1, 0.15) is 33.3 Å². The molecule has 0 aliphatic heterocycles. The summed E-state index contributed by atoms with van der Waals surface area (Å²) >= 11 is 0. The standard InChI is InChI=1S/C17H25NO4/c1-12(19)18(16(20)17(2,3)4)10-9-13-7-8-14(21-5)15(11-13)22-6/h7-8,11H,9-10H2,1-6H3. The molecule has 0 atom stereocenters. The van der Waals surface area contributed by atoms with Gasteiger partial charge < -0.3 is 9.47 Å². The second kappa shape index (κ2) is 7.29. The van der Waals surface area contributed by atoms with Crippen LogP contribution >= 0.6 is 0 Å². The maximum Gasteiger partial charge on any atom is 0.234 e. The fourth-order valence-electron chi connectivity index (χ4n) is 2.08. The third-order valence-corrected chi connectivity index (χ3v) is 3.34. The van der Waals surface area contributed by atoms with Crippen LogP contribution in [0.5, 0.6) is 11.5 Å². The number of benzene rings is 1. The quantitative estimate of drug-likeness (QED) is 0.839. The Morgan fingerprint density at radius 3 is 2.14 bits per heavy atom. The van der Waals surface area contributed by atoms with Gasteiger partial charge in [-0.2, -0.15) is 0 Å². The Hall–Kier alpha value is -2.04. The number of ether oxygens (including phenoxy) is 2. The van der Waals surface area contributed by atoms with Gasteiger partial charge in [0.05, 0.1) is 14.2 Å². The molecule has 122 valence electrons. The molecule has 0 aliphatic rings. The highest BCUT2D eigenvalue weighted by molar-refractivity contribution is 5.96. The highest BCUT2D eigenvalue weighted by Crippen LogP contribution is 2.28. The maximum atomic E-state index is 12.3. The third kappa shape index (κ3) is 4.48. The van der Waals surface area contributed by atoms with Crippen LogP contribution in [-0.2, 0) is 16.0 Å². The Balaban J connectivity index is 2.86. The van der Waals surface area contributed by atoms with Crippen molar-refractivity contribution in [3.8, 4) is 11.5 Å². The molecule has 0 unspecified atom stereocenters. The van der Waals surface area contributed by atoms with Gasteiger partial charge in [-0.05, 0) is 24.1 Å². The lowest BCUT2D eigenvalue weighted by molar-refractivity contribution is -0.149. The molecule has 0 spiro atoms.